The van der Waals surface area contributed by atoms with E-state index in [0.29, 0.717) is 18.5 Å². The number of benzene rings is 1. The molecule has 0 heterocycles. The molecule has 1 rings (SSSR count). The summed E-state index contributed by atoms with van der Waals surface area (Å²) in [6, 6.07) is 7.02. The Bertz CT molecular complexity index is 851. The second-order valence-electron chi connectivity index (χ2n) is 10.1. The van der Waals surface area contributed by atoms with Crippen LogP contribution in [-0.2, 0) is 23.9 Å². The van der Waals surface area contributed by atoms with Crippen LogP contribution in [0.5, 0.6) is 0 Å². The Balaban J connectivity index is 3.37. The van der Waals surface area contributed by atoms with Gasteiger partial charge >= 0.3 is 12.1 Å². The van der Waals surface area contributed by atoms with E-state index in [0.717, 1.165) is 19.3 Å². The minimum atomic E-state index is -0.994. The standard InChI is InChI=1S/C27H43N3O6/c1-8-9-10-14-17-30(25(33)22(19(2)3)29-26(34)36-27(4,5)6)23(20-15-12-11-13-16-20)24(32)28-18-21(31)35-7/h11-13,15-16,19,22-23H,8-10,14,17-18H2,1-7H3,(H,28,32)(H,29,34). The minimum Gasteiger partial charge on any atom is -0.468 e. The van der Waals surface area contributed by atoms with Crippen LogP contribution in [-0.4, -0.2) is 60.6 Å². The van der Waals surface area contributed by atoms with Crippen LogP contribution in [0.2, 0.25) is 0 Å². The van der Waals surface area contributed by atoms with Crippen molar-refractivity contribution >= 4 is 23.9 Å². The maximum absolute atomic E-state index is 13.9. The average Bonchev–Trinajstić information content (AvgIpc) is 2.81. The summed E-state index contributed by atoms with van der Waals surface area (Å²) in [5.74, 6) is -1.76. The molecule has 1 aromatic rings. The summed E-state index contributed by atoms with van der Waals surface area (Å²) in [4.78, 5) is 53.0. The third-order valence-electron chi connectivity index (χ3n) is 5.45. The highest BCUT2D eigenvalue weighted by molar-refractivity contribution is 5.93. The summed E-state index contributed by atoms with van der Waals surface area (Å²) in [6.45, 7) is 11.0. The van der Waals surface area contributed by atoms with E-state index in [1.807, 2.05) is 19.9 Å². The van der Waals surface area contributed by atoms with Crippen LogP contribution in [0.15, 0.2) is 30.3 Å². The first-order valence-corrected chi connectivity index (χ1v) is 12.6. The molecule has 0 saturated heterocycles. The van der Waals surface area contributed by atoms with Crippen LogP contribution in [0.3, 0.4) is 0 Å². The first kappa shape index (κ1) is 30.9. The Labute approximate surface area is 215 Å². The molecule has 0 spiro atoms. The molecule has 2 unspecified atom stereocenters. The van der Waals surface area contributed by atoms with E-state index >= 15 is 0 Å². The number of alkyl carbamates (subject to hydrolysis) is 1. The molecule has 0 saturated carbocycles. The summed E-state index contributed by atoms with van der Waals surface area (Å²) >= 11 is 0. The molecule has 202 valence electrons. The average molecular weight is 506 g/mol. The lowest BCUT2D eigenvalue weighted by Crippen LogP contribution is -2.55. The van der Waals surface area contributed by atoms with Crippen molar-refractivity contribution in [3.63, 3.8) is 0 Å². The number of hydrogen-bond donors (Lipinski definition) is 2. The van der Waals surface area contributed by atoms with Gasteiger partial charge < -0.3 is 25.0 Å². The van der Waals surface area contributed by atoms with E-state index in [-0.39, 0.29) is 12.5 Å². The summed E-state index contributed by atoms with van der Waals surface area (Å²) in [6.07, 6.45) is 2.88. The Hall–Kier alpha value is -3.10. The summed E-state index contributed by atoms with van der Waals surface area (Å²) in [5.41, 5.74) is -0.127. The van der Waals surface area contributed by atoms with Gasteiger partial charge in [0.1, 0.15) is 24.2 Å². The van der Waals surface area contributed by atoms with Gasteiger partial charge in [0.05, 0.1) is 7.11 Å². The zero-order valence-electron chi connectivity index (χ0n) is 22.8. The number of nitrogens with one attached hydrogen (secondary N) is 2. The van der Waals surface area contributed by atoms with E-state index in [2.05, 4.69) is 22.3 Å². The maximum Gasteiger partial charge on any atom is 0.408 e. The van der Waals surface area contributed by atoms with Crippen molar-refractivity contribution in [3.05, 3.63) is 35.9 Å². The highest BCUT2D eigenvalue weighted by Gasteiger charge is 2.37. The van der Waals surface area contributed by atoms with Gasteiger partial charge in [0, 0.05) is 6.54 Å². The van der Waals surface area contributed by atoms with Gasteiger partial charge in [-0.1, -0.05) is 70.4 Å². The van der Waals surface area contributed by atoms with Crippen LogP contribution in [0.25, 0.3) is 0 Å². The highest BCUT2D eigenvalue weighted by atomic mass is 16.6. The predicted octanol–water partition coefficient (Wildman–Crippen LogP) is 3.98. The first-order valence-electron chi connectivity index (χ1n) is 12.6. The smallest absolute Gasteiger partial charge is 0.408 e. The van der Waals surface area contributed by atoms with Crippen LogP contribution in [0, 0.1) is 5.92 Å². The molecule has 0 aliphatic rings. The Kier molecular flexibility index (Phi) is 13.0. The van der Waals surface area contributed by atoms with Crippen molar-refractivity contribution in [1.29, 1.82) is 0 Å². The van der Waals surface area contributed by atoms with E-state index < -0.39 is 41.6 Å². The number of methoxy groups -OCH3 is 1. The summed E-state index contributed by atoms with van der Waals surface area (Å²) < 4.78 is 10.0. The maximum atomic E-state index is 13.9. The number of carbonyl (C=O) groups excluding carboxylic acids is 4. The highest BCUT2D eigenvalue weighted by Crippen LogP contribution is 2.25. The number of ether oxygens (including phenoxy) is 2. The van der Waals surface area contributed by atoms with Crippen molar-refractivity contribution in [2.45, 2.75) is 84.9 Å². The Morgan fingerprint density at radius 3 is 2.17 bits per heavy atom. The molecule has 0 bridgehead atoms. The number of nitrogens with zero attached hydrogens (tertiary/aromatic N) is 1. The van der Waals surface area contributed by atoms with Crippen molar-refractivity contribution < 1.29 is 28.7 Å². The van der Waals surface area contributed by atoms with Crippen molar-refractivity contribution in [3.8, 4) is 0 Å². The van der Waals surface area contributed by atoms with Crippen molar-refractivity contribution in [1.82, 2.24) is 15.5 Å². The van der Waals surface area contributed by atoms with Crippen molar-refractivity contribution in [2.24, 2.45) is 5.92 Å². The monoisotopic (exact) mass is 505 g/mol. The minimum absolute atomic E-state index is 0.266. The third kappa shape index (κ3) is 10.7. The number of carbonyl (C=O) groups is 4. The Morgan fingerprint density at radius 1 is 1.00 bits per heavy atom. The van der Waals surface area contributed by atoms with Gasteiger partial charge in [0.15, 0.2) is 0 Å². The van der Waals surface area contributed by atoms with Gasteiger partial charge in [-0.25, -0.2) is 4.79 Å². The molecule has 0 aliphatic carbocycles. The molecule has 36 heavy (non-hydrogen) atoms. The van der Waals surface area contributed by atoms with Crippen molar-refractivity contribution in [2.75, 3.05) is 20.2 Å². The van der Waals surface area contributed by atoms with Gasteiger partial charge in [-0.3, -0.25) is 14.4 Å². The molecule has 9 heteroatoms. The van der Waals surface area contributed by atoms with Gasteiger partial charge in [0.2, 0.25) is 11.8 Å². The predicted molar refractivity (Wildman–Crippen MR) is 138 cm³/mol. The van der Waals surface area contributed by atoms with Crippen LogP contribution in [0.1, 0.15) is 78.8 Å². The molecular weight excluding hydrogens is 462 g/mol. The normalized spacial score (nSPS) is 12.9. The van der Waals surface area contributed by atoms with Crippen LogP contribution in [0.4, 0.5) is 4.79 Å². The van der Waals surface area contributed by atoms with Gasteiger partial charge in [-0.05, 0) is 38.7 Å². The molecule has 0 fully saturated rings. The largest absolute Gasteiger partial charge is 0.468 e. The fraction of sp³-hybridized carbons (Fsp3) is 0.630. The van der Waals surface area contributed by atoms with Gasteiger partial charge in [-0.15, -0.1) is 0 Å². The number of hydrogen-bond acceptors (Lipinski definition) is 6. The van der Waals surface area contributed by atoms with E-state index in [1.54, 1.807) is 45.0 Å². The van der Waals surface area contributed by atoms with Gasteiger partial charge in [-0.2, -0.15) is 0 Å². The Morgan fingerprint density at radius 2 is 1.64 bits per heavy atom. The first-order chi connectivity index (χ1) is 16.9. The number of unbranched alkanes of at least 4 members (excludes halogenated alkanes) is 3. The molecule has 0 radical (unpaired) electrons. The lowest BCUT2D eigenvalue weighted by Gasteiger charge is -2.35. The molecular formula is C27H43N3O6. The SMILES string of the molecule is CCCCCCN(C(=O)C(NC(=O)OC(C)(C)C)C(C)C)C(C(=O)NCC(=O)OC)c1ccccc1. The number of esters is 1. The zero-order chi connectivity index (χ0) is 27.3. The third-order valence-corrected chi connectivity index (χ3v) is 5.45. The molecule has 3 amide bonds. The van der Waals surface area contributed by atoms with Crippen LogP contribution >= 0.6 is 0 Å². The topological polar surface area (TPSA) is 114 Å². The molecule has 0 aliphatic heterocycles. The lowest BCUT2D eigenvalue weighted by atomic mass is 9.98. The summed E-state index contributed by atoms with van der Waals surface area (Å²) in [5, 5.41) is 5.29. The molecule has 9 nitrogen and oxygen atoms in total. The molecule has 2 N–H and O–H groups in total. The molecule has 1 aromatic carbocycles. The molecule has 2 atom stereocenters. The fourth-order valence-electron chi connectivity index (χ4n) is 3.64. The summed E-state index contributed by atoms with van der Waals surface area (Å²) in [7, 11) is 1.24. The number of amides is 3. The van der Waals surface area contributed by atoms with E-state index in [9.17, 15) is 19.2 Å². The second kappa shape index (κ2) is 15.1. The zero-order valence-corrected chi connectivity index (χ0v) is 22.8. The molecule has 0 aromatic heterocycles. The van der Waals surface area contributed by atoms with E-state index in [1.165, 1.54) is 12.0 Å². The lowest BCUT2D eigenvalue weighted by molar-refractivity contribution is -0.145. The number of rotatable bonds is 13. The quantitative estimate of drug-likeness (QED) is 0.310. The second-order valence-corrected chi connectivity index (χ2v) is 10.1. The van der Waals surface area contributed by atoms with Crippen LogP contribution < -0.4 is 10.6 Å². The fourth-order valence-corrected chi connectivity index (χ4v) is 3.64. The van der Waals surface area contributed by atoms with E-state index in [4.69, 9.17) is 4.74 Å². The van der Waals surface area contributed by atoms with Gasteiger partial charge in [0.25, 0.3) is 0 Å².